The molecule has 0 aromatic heterocycles. The van der Waals surface area contributed by atoms with Crippen molar-refractivity contribution >= 4 is 15.9 Å². The Hall–Kier alpha value is -0.620. The van der Waals surface area contributed by atoms with E-state index in [-0.39, 0.29) is 0 Å². The molecule has 0 saturated carbocycles. The molecule has 1 aromatic rings. The third-order valence-corrected chi connectivity index (χ3v) is 4.09. The van der Waals surface area contributed by atoms with Crippen molar-refractivity contribution in [1.29, 1.82) is 0 Å². The van der Waals surface area contributed by atoms with Crippen LogP contribution in [-0.4, -0.2) is 74.2 Å². The molecule has 0 spiro atoms. The van der Waals surface area contributed by atoms with Gasteiger partial charge in [0.2, 0.25) is 0 Å². The number of hydrogen-bond donors (Lipinski definition) is 1. The van der Waals surface area contributed by atoms with Crippen LogP contribution in [0, 0.1) is 0 Å². The third-order valence-electron chi connectivity index (χ3n) is 3.59. The molecule has 1 aromatic carbocycles. The average Bonchev–Trinajstić information content (AvgIpc) is 2.41. The molecule has 22 heavy (non-hydrogen) atoms. The highest BCUT2D eigenvalue weighted by Gasteiger charge is 2.10. The SMILES string of the molecule is CN(C)CCCN(CCCN(C)C)Cc1cc(Br)ccc1O. The van der Waals surface area contributed by atoms with Gasteiger partial charge < -0.3 is 14.9 Å². The van der Waals surface area contributed by atoms with Gasteiger partial charge in [-0.2, -0.15) is 0 Å². The second kappa shape index (κ2) is 10.2. The topological polar surface area (TPSA) is 30.0 Å². The lowest BCUT2D eigenvalue weighted by Crippen LogP contribution is -2.30. The Morgan fingerprint density at radius 1 is 0.909 bits per heavy atom. The van der Waals surface area contributed by atoms with Gasteiger partial charge in [0, 0.05) is 16.6 Å². The van der Waals surface area contributed by atoms with Gasteiger partial charge in [0.25, 0.3) is 0 Å². The summed E-state index contributed by atoms with van der Waals surface area (Å²) in [5.74, 6) is 0.383. The molecule has 0 fully saturated rings. The number of halogens is 1. The summed E-state index contributed by atoms with van der Waals surface area (Å²) in [6, 6.07) is 5.65. The van der Waals surface area contributed by atoms with Crippen LogP contribution in [0.5, 0.6) is 5.75 Å². The van der Waals surface area contributed by atoms with Crippen LogP contribution in [0.3, 0.4) is 0 Å². The quantitative estimate of drug-likeness (QED) is 0.684. The molecule has 0 heterocycles. The van der Waals surface area contributed by atoms with Crippen LogP contribution in [0.15, 0.2) is 22.7 Å². The summed E-state index contributed by atoms with van der Waals surface area (Å²) in [6.45, 7) is 5.09. The summed E-state index contributed by atoms with van der Waals surface area (Å²) < 4.78 is 1.02. The highest BCUT2D eigenvalue weighted by molar-refractivity contribution is 9.10. The fraction of sp³-hybridized carbons (Fsp3) is 0.647. The van der Waals surface area contributed by atoms with Gasteiger partial charge in [-0.15, -0.1) is 0 Å². The zero-order valence-electron chi connectivity index (χ0n) is 14.3. The summed E-state index contributed by atoms with van der Waals surface area (Å²) in [4.78, 5) is 6.87. The second-order valence-corrected chi connectivity index (χ2v) is 7.28. The molecule has 0 aliphatic heterocycles. The van der Waals surface area contributed by atoms with E-state index in [1.54, 1.807) is 6.07 Å². The van der Waals surface area contributed by atoms with E-state index in [4.69, 9.17) is 0 Å². The Balaban J connectivity index is 2.60. The van der Waals surface area contributed by atoms with Crippen molar-refractivity contribution in [3.63, 3.8) is 0 Å². The van der Waals surface area contributed by atoms with Crippen molar-refractivity contribution in [2.24, 2.45) is 0 Å². The first-order valence-electron chi connectivity index (χ1n) is 7.87. The predicted octanol–water partition coefficient (Wildman–Crippen LogP) is 2.86. The van der Waals surface area contributed by atoms with E-state index in [2.05, 4.69) is 58.8 Å². The smallest absolute Gasteiger partial charge is 0.120 e. The van der Waals surface area contributed by atoms with Gasteiger partial charge in [-0.25, -0.2) is 0 Å². The summed E-state index contributed by atoms with van der Waals surface area (Å²) in [5, 5.41) is 10.0. The lowest BCUT2D eigenvalue weighted by Gasteiger charge is -2.24. The number of aromatic hydroxyl groups is 1. The number of rotatable bonds is 10. The highest BCUT2D eigenvalue weighted by Crippen LogP contribution is 2.23. The highest BCUT2D eigenvalue weighted by atomic mass is 79.9. The minimum absolute atomic E-state index is 0.383. The van der Waals surface area contributed by atoms with E-state index < -0.39 is 0 Å². The molecule has 0 aliphatic carbocycles. The van der Waals surface area contributed by atoms with Gasteiger partial charge in [-0.3, -0.25) is 4.90 Å². The van der Waals surface area contributed by atoms with Crippen LogP contribution in [0.4, 0.5) is 0 Å². The van der Waals surface area contributed by atoms with Crippen LogP contribution >= 0.6 is 15.9 Å². The summed E-state index contributed by atoms with van der Waals surface area (Å²) in [5.41, 5.74) is 0.990. The van der Waals surface area contributed by atoms with Crippen LogP contribution < -0.4 is 0 Å². The first-order chi connectivity index (χ1) is 10.4. The van der Waals surface area contributed by atoms with E-state index in [1.807, 2.05) is 12.1 Å². The molecule has 1 N–H and O–H groups in total. The largest absolute Gasteiger partial charge is 0.508 e. The van der Waals surface area contributed by atoms with Crippen molar-refractivity contribution < 1.29 is 5.11 Å². The molecule has 0 atom stereocenters. The van der Waals surface area contributed by atoms with Gasteiger partial charge in [-0.05, 0) is 85.4 Å². The molecule has 126 valence electrons. The maximum atomic E-state index is 10.0. The second-order valence-electron chi connectivity index (χ2n) is 6.36. The molecule has 4 nitrogen and oxygen atoms in total. The fourth-order valence-electron chi connectivity index (χ4n) is 2.41. The van der Waals surface area contributed by atoms with E-state index in [1.165, 1.54) is 0 Å². The number of nitrogens with zero attached hydrogens (tertiary/aromatic N) is 3. The Kier molecular flexibility index (Phi) is 9.02. The predicted molar refractivity (Wildman–Crippen MR) is 97.4 cm³/mol. The van der Waals surface area contributed by atoms with Crippen LogP contribution in [0.2, 0.25) is 0 Å². The molecule has 0 unspecified atom stereocenters. The summed E-state index contributed by atoms with van der Waals surface area (Å²) >= 11 is 3.49. The van der Waals surface area contributed by atoms with E-state index >= 15 is 0 Å². The van der Waals surface area contributed by atoms with Crippen LogP contribution in [0.25, 0.3) is 0 Å². The number of phenolic OH excluding ortho intramolecular Hbond substituents is 1. The lowest BCUT2D eigenvalue weighted by atomic mass is 10.1. The van der Waals surface area contributed by atoms with E-state index in [9.17, 15) is 5.11 Å². The molecule has 1 rings (SSSR count). The Morgan fingerprint density at radius 3 is 1.95 bits per heavy atom. The molecule has 5 heteroatoms. The minimum Gasteiger partial charge on any atom is -0.508 e. The van der Waals surface area contributed by atoms with Crippen molar-refractivity contribution in [1.82, 2.24) is 14.7 Å². The Morgan fingerprint density at radius 2 is 1.45 bits per heavy atom. The van der Waals surface area contributed by atoms with Crippen LogP contribution in [0.1, 0.15) is 18.4 Å². The average molecular weight is 372 g/mol. The van der Waals surface area contributed by atoms with Crippen molar-refractivity contribution in [2.45, 2.75) is 19.4 Å². The number of phenols is 1. The van der Waals surface area contributed by atoms with Crippen molar-refractivity contribution in [3.05, 3.63) is 28.2 Å². The van der Waals surface area contributed by atoms with Crippen LogP contribution in [-0.2, 0) is 6.54 Å². The van der Waals surface area contributed by atoms with Crippen molar-refractivity contribution in [2.75, 3.05) is 54.4 Å². The zero-order valence-corrected chi connectivity index (χ0v) is 15.9. The van der Waals surface area contributed by atoms with E-state index in [0.29, 0.717) is 5.75 Å². The van der Waals surface area contributed by atoms with E-state index in [0.717, 1.165) is 55.6 Å². The minimum atomic E-state index is 0.383. The Bertz CT molecular complexity index is 424. The monoisotopic (exact) mass is 371 g/mol. The lowest BCUT2D eigenvalue weighted by molar-refractivity contribution is 0.231. The van der Waals surface area contributed by atoms with Gasteiger partial charge in [-0.1, -0.05) is 15.9 Å². The standard InChI is InChI=1S/C17H30BrN3O/c1-19(2)9-5-11-21(12-6-10-20(3)4)14-15-13-16(18)7-8-17(15)22/h7-8,13,22H,5-6,9-12,14H2,1-4H3. The molecule has 0 saturated heterocycles. The third kappa shape index (κ3) is 8.13. The van der Waals surface area contributed by atoms with Crippen molar-refractivity contribution in [3.8, 4) is 5.75 Å². The molecular formula is C17H30BrN3O. The first kappa shape index (κ1) is 19.4. The maximum Gasteiger partial charge on any atom is 0.120 e. The normalized spacial score (nSPS) is 11.8. The molecule has 0 radical (unpaired) electrons. The van der Waals surface area contributed by atoms with Gasteiger partial charge in [0.05, 0.1) is 0 Å². The number of hydrogen-bond acceptors (Lipinski definition) is 4. The summed E-state index contributed by atoms with van der Waals surface area (Å²) in [7, 11) is 8.43. The van der Waals surface area contributed by atoms with Gasteiger partial charge >= 0.3 is 0 Å². The fourth-order valence-corrected chi connectivity index (χ4v) is 2.82. The zero-order chi connectivity index (χ0) is 16.5. The van der Waals surface area contributed by atoms with Gasteiger partial charge in [0.1, 0.15) is 5.75 Å². The Labute approximate surface area is 143 Å². The molecule has 0 bridgehead atoms. The van der Waals surface area contributed by atoms with Gasteiger partial charge in [0.15, 0.2) is 0 Å². The maximum absolute atomic E-state index is 10.0. The first-order valence-corrected chi connectivity index (χ1v) is 8.67. The molecular weight excluding hydrogens is 342 g/mol. The molecule has 0 aliphatic rings. The number of benzene rings is 1. The summed E-state index contributed by atoms with van der Waals surface area (Å²) in [6.07, 6.45) is 2.29. The molecule has 0 amide bonds.